The Labute approximate surface area is 144 Å². The molecule has 0 saturated carbocycles. The summed E-state index contributed by atoms with van der Waals surface area (Å²) >= 11 is 0. The summed E-state index contributed by atoms with van der Waals surface area (Å²) in [6.07, 6.45) is 0. The van der Waals surface area contributed by atoms with E-state index in [-0.39, 0.29) is 53.2 Å². The zero-order valence-corrected chi connectivity index (χ0v) is 13.8. The van der Waals surface area contributed by atoms with Crippen molar-refractivity contribution in [2.24, 2.45) is 0 Å². The van der Waals surface area contributed by atoms with Crippen LogP contribution in [0, 0.1) is 0 Å². The summed E-state index contributed by atoms with van der Waals surface area (Å²) in [5, 5.41) is 0. The van der Waals surface area contributed by atoms with Gasteiger partial charge in [0.05, 0.1) is 5.56 Å². The van der Waals surface area contributed by atoms with Crippen LogP contribution in [0.25, 0.3) is 0 Å². The molecule has 7 heteroatoms. The van der Waals surface area contributed by atoms with Gasteiger partial charge in [-0.05, 0) is 6.07 Å². The number of carbonyl (C=O) groups is 2. The molecule has 0 atom stereocenters. The Kier molecular flexibility index (Phi) is 4.19. The van der Waals surface area contributed by atoms with E-state index < -0.39 is 26.6 Å². The maximum absolute atomic E-state index is 12.4. The van der Waals surface area contributed by atoms with Gasteiger partial charge in [0.25, 0.3) is 10.1 Å². The number of ketones is 2. The molecule has 0 bridgehead atoms. The number of hydrogen-bond acceptors (Lipinski definition) is 4. The number of rotatable bonds is 1. The Hall–Kier alpha value is -1.31. The van der Waals surface area contributed by atoms with E-state index in [4.69, 9.17) is 0 Å². The molecule has 102 valence electrons. The van der Waals surface area contributed by atoms with E-state index in [0.29, 0.717) is 0 Å². The van der Waals surface area contributed by atoms with Crippen molar-refractivity contribution in [1.82, 2.24) is 0 Å². The molecule has 0 heterocycles. The van der Waals surface area contributed by atoms with Gasteiger partial charge in [0, 0.05) is 16.7 Å². The molecular weight excluding hydrogens is 303 g/mol. The van der Waals surface area contributed by atoms with E-state index in [0.717, 1.165) is 6.07 Å². The minimum Gasteiger partial charge on any atom is -1.00 e. The van der Waals surface area contributed by atoms with Gasteiger partial charge in [0.15, 0.2) is 11.6 Å². The predicted molar refractivity (Wildman–Crippen MR) is 70.7 cm³/mol. The summed E-state index contributed by atoms with van der Waals surface area (Å²) in [6, 6.07) is 9.99. The standard InChI is InChI=1S/C14H8O5S.Na.H/c15-13-8-4-1-2-5-9(8)14(16)12-10(13)6-3-7-11(12)20(17,18)19;;/h1-7H,(H,17,18,19);;/q;+1;-1. The van der Waals surface area contributed by atoms with Crippen LogP contribution in [0.5, 0.6) is 0 Å². The number of carbonyl (C=O) groups excluding carboxylic acids is 2. The predicted octanol–water partition coefficient (Wildman–Crippen LogP) is -1.17. The van der Waals surface area contributed by atoms with Gasteiger partial charge in [0.1, 0.15) is 4.90 Å². The van der Waals surface area contributed by atoms with Crippen LogP contribution in [0.15, 0.2) is 47.4 Å². The molecule has 0 saturated heterocycles. The van der Waals surface area contributed by atoms with Crippen molar-refractivity contribution in [2.75, 3.05) is 0 Å². The van der Waals surface area contributed by atoms with Crippen molar-refractivity contribution in [1.29, 1.82) is 0 Å². The van der Waals surface area contributed by atoms with Crippen LogP contribution in [0.3, 0.4) is 0 Å². The third-order valence-corrected chi connectivity index (χ3v) is 4.09. The maximum Gasteiger partial charge on any atom is 1.00 e. The SMILES string of the molecule is O=C1c2ccccc2C(=O)c2c1cccc2S(=O)(=O)O.[H-].[Na+]. The van der Waals surface area contributed by atoms with Crippen LogP contribution in [-0.4, -0.2) is 24.5 Å². The van der Waals surface area contributed by atoms with Crippen molar-refractivity contribution < 1.29 is 53.5 Å². The third-order valence-electron chi connectivity index (χ3n) is 3.19. The monoisotopic (exact) mass is 312 g/mol. The molecule has 1 N–H and O–H groups in total. The molecule has 2 aromatic carbocycles. The summed E-state index contributed by atoms with van der Waals surface area (Å²) in [4.78, 5) is 24.2. The fourth-order valence-corrected chi connectivity index (χ4v) is 3.04. The Balaban J connectivity index is 0.00000121. The van der Waals surface area contributed by atoms with E-state index >= 15 is 0 Å². The van der Waals surface area contributed by atoms with E-state index in [2.05, 4.69) is 0 Å². The second-order valence-corrected chi connectivity index (χ2v) is 5.75. The summed E-state index contributed by atoms with van der Waals surface area (Å²) in [6.45, 7) is 0. The van der Waals surface area contributed by atoms with Crippen LogP contribution >= 0.6 is 0 Å². The van der Waals surface area contributed by atoms with Gasteiger partial charge in [-0.15, -0.1) is 0 Å². The van der Waals surface area contributed by atoms with Gasteiger partial charge in [-0.25, -0.2) is 0 Å². The molecule has 5 nitrogen and oxygen atoms in total. The minimum atomic E-state index is -4.58. The van der Waals surface area contributed by atoms with Crippen LogP contribution in [0.1, 0.15) is 33.3 Å². The Bertz CT molecular complexity index is 877. The first-order valence-corrected chi connectivity index (χ1v) is 7.14. The molecule has 0 radical (unpaired) electrons. The van der Waals surface area contributed by atoms with E-state index in [1.54, 1.807) is 12.1 Å². The fourth-order valence-electron chi connectivity index (χ4n) is 2.33. The summed E-state index contributed by atoms with van der Waals surface area (Å²) < 4.78 is 31.9. The van der Waals surface area contributed by atoms with Crippen LogP contribution in [0.2, 0.25) is 0 Å². The fraction of sp³-hybridized carbons (Fsp3) is 0. The van der Waals surface area contributed by atoms with Gasteiger partial charge in [-0.1, -0.05) is 36.4 Å². The molecule has 0 aliphatic heterocycles. The molecule has 0 spiro atoms. The second kappa shape index (κ2) is 5.47. The zero-order chi connectivity index (χ0) is 14.5. The van der Waals surface area contributed by atoms with Crippen molar-refractivity contribution in [3.05, 3.63) is 64.7 Å². The molecule has 2 aromatic rings. The van der Waals surface area contributed by atoms with Crippen molar-refractivity contribution >= 4 is 21.7 Å². The second-order valence-electron chi connectivity index (χ2n) is 4.36. The molecule has 1 aliphatic carbocycles. The molecule has 3 rings (SSSR count). The molecule has 0 fully saturated rings. The topological polar surface area (TPSA) is 88.5 Å². The maximum atomic E-state index is 12.4. The minimum absolute atomic E-state index is 0. The van der Waals surface area contributed by atoms with Crippen molar-refractivity contribution in [3.63, 3.8) is 0 Å². The van der Waals surface area contributed by atoms with Crippen LogP contribution in [-0.2, 0) is 10.1 Å². The van der Waals surface area contributed by atoms with Gasteiger partial charge >= 0.3 is 29.6 Å². The average molecular weight is 312 g/mol. The first-order chi connectivity index (χ1) is 9.41. The van der Waals surface area contributed by atoms with E-state index in [1.165, 1.54) is 24.3 Å². The van der Waals surface area contributed by atoms with Crippen LogP contribution < -0.4 is 29.6 Å². The average Bonchev–Trinajstić information content (AvgIpc) is 2.43. The van der Waals surface area contributed by atoms with Gasteiger partial charge in [-0.2, -0.15) is 8.42 Å². The third kappa shape index (κ3) is 2.49. The Morgan fingerprint density at radius 2 is 1.33 bits per heavy atom. The Morgan fingerprint density at radius 3 is 1.90 bits per heavy atom. The van der Waals surface area contributed by atoms with E-state index in [9.17, 15) is 22.6 Å². The number of hydrogen-bond donors (Lipinski definition) is 1. The van der Waals surface area contributed by atoms with Crippen molar-refractivity contribution in [2.45, 2.75) is 4.90 Å². The Morgan fingerprint density at radius 1 is 0.810 bits per heavy atom. The smallest absolute Gasteiger partial charge is 1.00 e. The molecule has 1 aliphatic rings. The summed E-state index contributed by atoms with van der Waals surface area (Å²) in [7, 11) is -4.58. The summed E-state index contributed by atoms with van der Waals surface area (Å²) in [5.74, 6) is -1.01. The van der Waals surface area contributed by atoms with E-state index in [1.807, 2.05) is 0 Å². The quantitative estimate of drug-likeness (QED) is 0.452. The van der Waals surface area contributed by atoms with Gasteiger partial charge in [0.2, 0.25) is 0 Å². The molecule has 0 aromatic heterocycles. The van der Waals surface area contributed by atoms with Gasteiger partial charge in [-0.3, -0.25) is 14.1 Å². The summed E-state index contributed by atoms with van der Waals surface area (Å²) in [5.41, 5.74) is 0.0983. The van der Waals surface area contributed by atoms with Crippen molar-refractivity contribution in [3.8, 4) is 0 Å². The largest absolute Gasteiger partial charge is 1.00 e. The first-order valence-electron chi connectivity index (χ1n) is 5.70. The van der Waals surface area contributed by atoms with Gasteiger partial charge < -0.3 is 1.43 Å². The zero-order valence-electron chi connectivity index (χ0n) is 12.0. The van der Waals surface area contributed by atoms with Crippen LogP contribution in [0.4, 0.5) is 0 Å². The molecule has 21 heavy (non-hydrogen) atoms. The normalized spacial score (nSPS) is 13.2. The first kappa shape index (κ1) is 16.1. The number of fused-ring (bicyclic) bond motifs is 2. The number of benzene rings is 2. The molecular formula is C14H9NaO5S. The molecule has 0 unspecified atom stereocenters. The molecule has 0 amide bonds.